The number of rotatable bonds is 5. The molecule has 0 fully saturated rings. The number of aliphatic hydroxyl groups excluding tert-OH is 1. The molecule has 2 aromatic rings. The monoisotopic (exact) mass is 333 g/mol. The molecular formula is C16H16ClN3O3. The predicted octanol–water partition coefficient (Wildman–Crippen LogP) is 1.39. The Hall–Kier alpha value is -2.44. The summed E-state index contributed by atoms with van der Waals surface area (Å²) in [4.78, 5) is 27.5. The van der Waals surface area contributed by atoms with E-state index in [2.05, 4.69) is 15.6 Å². The minimum atomic E-state index is -0.834. The molecule has 0 unspecified atom stereocenters. The topological polar surface area (TPSA) is 91.3 Å². The second kappa shape index (κ2) is 8.26. The number of benzene rings is 1. The fourth-order valence-electron chi connectivity index (χ4n) is 1.98. The van der Waals surface area contributed by atoms with E-state index in [0.717, 1.165) is 5.56 Å². The molecule has 120 valence electrons. The van der Waals surface area contributed by atoms with Gasteiger partial charge in [0.1, 0.15) is 5.15 Å². The number of nitrogens with one attached hydrogen (secondary N) is 2. The number of nitrogens with zero attached hydrogens (tertiary/aromatic N) is 1. The van der Waals surface area contributed by atoms with Crippen molar-refractivity contribution in [1.82, 2.24) is 10.3 Å². The Morgan fingerprint density at radius 2 is 1.91 bits per heavy atom. The van der Waals surface area contributed by atoms with Crippen molar-refractivity contribution in [1.29, 1.82) is 0 Å². The van der Waals surface area contributed by atoms with Crippen molar-refractivity contribution in [2.24, 2.45) is 0 Å². The molecule has 23 heavy (non-hydrogen) atoms. The maximum absolute atomic E-state index is 11.9. The van der Waals surface area contributed by atoms with Gasteiger partial charge in [0.2, 0.25) is 0 Å². The molecular weight excluding hydrogens is 318 g/mol. The Morgan fingerprint density at radius 3 is 2.57 bits per heavy atom. The van der Waals surface area contributed by atoms with Crippen molar-refractivity contribution >= 4 is 29.1 Å². The van der Waals surface area contributed by atoms with Gasteiger partial charge in [-0.3, -0.25) is 9.59 Å². The van der Waals surface area contributed by atoms with Crippen LogP contribution in [-0.2, 0) is 16.0 Å². The van der Waals surface area contributed by atoms with Crippen molar-refractivity contribution in [2.45, 2.75) is 12.5 Å². The lowest BCUT2D eigenvalue weighted by atomic mass is 10.1. The minimum absolute atomic E-state index is 0.209. The number of carbonyl (C=O) groups is 2. The third-order valence-electron chi connectivity index (χ3n) is 3.07. The highest BCUT2D eigenvalue weighted by atomic mass is 35.5. The summed E-state index contributed by atoms with van der Waals surface area (Å²) in [6.07, 6.45) is 1.85. The van der Waals surface area contributed by atoms with Gasteiger partial charge < -0.3 is 15.7 Å². The van der Waals surface area contributed by atoms with E-state index in [0.29, 0.717) is 12.1 Å². The number of amides is 2. The van der Waals surface area contributed by atoms with Crippen molar-refractivity contribution in [3.8, 4) is 0 Å². The minimum Gasteiger partial charge on any atom is -0.394 e. The zero-order valence-electron chi connectivity index (χ0n) is 12.2. The first kappa shape index (κ1) is 16.9. The van der Waals surface area contributed by atoms with Gasteiger partial charge in [0.05, 0.1) is 12.6 Å². The summed E-state index contributed by atoms with van der Waals surface area (Å²) in [6, 6.07) is 11.8. The highest BCUT2D eigenvalue weighted by molar-refractivity contribution is 6.39. The maximum atomic E-state index is 11.9. The fourth-order valence-corrected chi connectivity index (χ4v) is 2.15. The molecule has 1 aromatic carbocycles. The molecule has 0 aliphatic heterocycles. The first-order valence-electron chi connectivity index (χ1n) is 6.96. The van der Waals surface area contributed by atoms with Crippen LogP contribution < -0.4 is 10.6 Å². The summed E-state index contributed by atoms with van der Waals surface area (Å²) in [5, 5.41) is 14.5. The summed E-state index contributed by atoms with van der Waals surface area (Å²) in [7, 11) is 0. The van der Waals surface area contributed by atoms with Gasteiger partial charge in [-0.2, -0.15) is 0 Å². The quantitative estimate of drug-likeness (QED) is 0.569. The van der Waals surface area contributed by atoms with Crippen LogP contribution in [0.2, 0.25) is 5.15 Å². The molecule has 1 heterocycles. The average Bonchev–Trinajstić information content (AvgIpc) is 2.55. The molecule has 0 radical (unpaired) electrons. The van der Waals surface area contributed by atoms with Gasteiger partial charge >= 0.3 is 11.8 Å². The van der Waals surface area contributed by atoms with E-state index in [1.165, 1.54) is 18.3 Å². The van der Waals surface area contributed by atoms with Crippen molar-refractivity contribution in [2.75, 3.05) is 11.9 Å². The maximum Gasteiger partial charge on any atom is 0.313 e. The molecule has 2 amide bonds. The summed E-state index contributed by atoms with van der Waals surface area (Å²) in [5.74, 6) is -1.66. The van der Waals surface area contributed by atoms with E-state index < -0.39 is 17.9 Å². The number of aliphatic hydroxyl groups is 1. The lowest BCUT2D eigenvalue weighted by molar-refractivity contribution is -0.136. The SMILES string of the molecule is O=C(Nc1ccnc(Cl)c1)C(=O)N[C@H](CO)Cc1ccccc1. The van der Waals surface area contributed by atoms with Crippen LogP contribution >= 0.6 is 11.6 Å². The van der Waals surface area contributed by atoms with E-state index >= 15 is 0 Å². The molecule has 0 aliphatic carbocycles. The number of aromatic nitrogens is 1. The molecule has 0 aliphatic rings. The van der Waals surface area contributed by atoms with Gasteiger partial charge in [-0.05, 0) is 24.1 Å². The largest absolute Gasteiger partial charge is 0.394 e. The van der Waals surface area contributed by atoms with Gasteiger partial charge in [0, 0.05) is 11.9 Å². The zero-order valence-corrected chi connectivity index (χ0v) is 13.0. The first-order chi connectivity index (χ1) is 11.1. The second-order valence-electron chi connectivity index (χ2n) is 4.86. The number of carbonyl (C=O) groups excluding carboxylic acids is 2. The van der Waals surface area contributed by atoms with Gasteiger partial charge in [-0.15, -0.1) is 0 Å². The Morgan fingerprint density at radius 1 is 1.17 bits per heavy atom. The fraction of sp³-hybridized carbons (Fsp3) is 0.188. The average molecular weight is 334 g/mol. The van der Waals surface area contributed by atoms with Crippen molar-refractivity contribution in [3.63, 3.8) is 0 Å². The van der Waals surface area contributed by atoms with E-state index in [1.807, 2.05) is 30.3 Å². The standard InChI is InChI=1S/C16H16ClN3O3/c17-14-9-12(6-7-18-14)19-15(22)16(23)20-13(10-21)8-11-4-2-1-3-5-11/h1-7,9,13,21H,8,10H2,(H,20,23)(H,18,19,22)/t13-/m0/s1. The van der Waals surface area contributed by atoms with Gasteiger partial charge in [-0.25, -0.2) is 4.98 Å². The summed E-state index contributed by atoms with van der Waals surface area (Å²) >= 11 is 5.71. The molecule has 0 spiro atoms. The smallest absolute Gasteiger partial charge is 0.313 e. The first-order valence-corrected chi connectivity index (χ1v) is 7.34. The van der Waals surface area contributed by atoms with Crippen LogP contribution in [0.1, 0.15) is 5.56 Å². The molecule has 3 N–H and O–H groups in total. The predicted molar refractivity (Wildman–Crippen MR) is 87.0 cm³/mol. The van der Waals surface area contributed by atoms with E-state index in [4.69, 9.17) is 11.6 Å². The number of hydrogen-bond donors (Lipinski definition) is 3. The third-order valence-corrected chi connectivity index (χ3v) is 3.28. The Balaban J connectivity index is 1.92. The van der Waals surface area contributed by atoms with Crippen LogP contribution in [0.5, 0.6) is 0 Å². The molecule has 6 nitrogen and oxygen atoms in total. The van der Waals surface area contributed by atoms with Gasteiger partial charge in [0.15, 0.2) is 0 Å². The Bertz CT molecular complexity index is 679. The third kappa shape index (κ3) is 5.36. The molecule has 0 saturated heterocycles. The lowest BCUT2D eigenvalue weighted by Gasteiger charge is -2.16. The van der Waals surface area contributed by atoms with Crippen LogP contribution in [0.4, 0.5) is 5.69 Å². The normalized spacial score (nSPS) is 11.6. The van der Waals surface area contributed by atoms with Crippen LogP contribution in [-0.4, -0.2) is 34.6 Å². The molecule has 0 saturated carbocycles. The second-order valence-corrected chi connectivity index (χ2v) is 5.25. The van der Waals surface area contributed by atoms with Gasteiger partial charge in [0.25, 0.3) is 0 Å². The molecule has 1 aromatic heterocycles. The molecule has 7 heteroatoms. The highest BCUT2D eigenvalue weighted by Gasteiger charge is 2.18. The summed E-state index contributed by atoms with van der Waals surface area (Å²) < 4.78 is 0. The van der Waals surface area contributed by atoms with Crippen LogP contribution in [0.3, 0.4) is 0 Å². The molecule has 1 atom stereocenters. The Labute approximate surface area is 138 Å². The van der Waals surface area contributed by atoms with E-state index in [-0.39, 0.29) is 11.8 Å². The highest BCUT2D eigenvalue weighted by Crippen LogP contribution is 2.11. The lowest BCUT2D eigenvalue weighted by Crippen LogP contribution is -2.44. The molecule has 2 rings (SSSR count). The summed E-state index contributed by atoms with van der Waals surface area (Å²) in [5.41, 5.74) is 1.32. The number of anilines is 1. The van der Waals surface area contributed by atoms with Crippen molar-refractivity contribution in [3.05, 3.63) is 59.4 Å². The van der Waals surface area contributed by atoms with Gasteiger partial charge in [-0.1, -0.05) is 41.9 Å². The molecule has 0 bridgehead atoms. The van der Waals surface area contributed by atoms with E-state index in [1.54, 1.807) is 0 Å². The van der Waals surface area contributed by atoms with Crippen LogP contribution in [0.15, 0.2) is 48.7 Å². The van der Waals surface area contributed by atoms with Crippen molar-refractivity contribution < 1.29 is 14.7 Å². The zero-order chi connectivity index (χ0) is 16.7. The van der Waals surface area contributed by atoms with E-state index in [9.17, 15) is 14.7 Å². The van der Waals surface area contributed by atoms with Crippen LogP contribution in [0, 0.1) is 0 Å². The van der Waals surface area contributed by atoms with Crippen LogP contribution in [0.25, 0.3) is 0 Å². The number of pyridine rings is 1. The Kier molecular flexibility index (Phi) is 6.08. The number of halogens is 1. The summed E-state index contributed by atoms with van der Waals surface area (Å²) in [6.45, 7) is -0.269. The number of hydrogen-bond acceptors (Lipinski definition) is 4.